The number of nitrogens with zero attached hydrogens (tertiary/aromatic N) is 1. The van der Waals surface area contributed by atoms with Gasteiger partial charge >= 0.3 is 5.97 Å². The number of ether oxygens (including phenoxy) is 1. The van der Waals surface area contributed by atoms with E-state index in [2.05, 4.69) is 0 Å². The Balaban J connectivity index is 2.79. The fourth-order valence-electron chi connectivity index (χ4n) is 1.59. The molecular weight excluding hydrogens is 234 g/mol. The third kappa shape index (κ3) is 3.70. The summed E-state index contributed by atoms with van der Waals surface area (Å²) in [6.07, 6.45) is 0. The maximum atomic E-state index is 11.9. The Hall–Kier alpha value is -1.62. The molecule has 0 aliphatic carbocycles. The number of aromatic nitrogens is 1. The number of carbonyl (C=O) groups is 1. The largest absolute Gasteiger partial charge is 0.477 e. The summed E-state index contributed by atoms with van der Waals surface area (Å²) >= 11 is 0. The van der Waals surface area contributed by atoms with Crippen molar-refractivity contribution in [2.45, 2.75) is 27.3 Å². The van der Waals surface area contributed by atoms with E-state index in [1.165, 1.54) is 10.6 Å². The van der Waals surface area contributed by atoms with Gasteiger partial charge in [-0.1, -0.05) is 13.8 Å². The molecule has 0 saturated heterocycles. The second-order valence-corrected chi connectivity index (χ2v) is 4.62. The van der Waals surface area contributed by atoms with E-state index in [-0.39, 0.29) is 5.56 Å². The molecule has 0 aliphatic heterocycles. The Bertz CT molecular complexity index is 476. The number of hydrogen-bond donors (Lipinski definition) is 1. The summed E-state index contributed by atoms with van der Waals surface area (Å²) in [6.45, 7) is 7.27. The summed E-state index contributed by atoms with van der Waals surface area (Å²) in [5.41, 5.74) is 0.0539. The Kier molecular flexibility index (Phi) is 5.09. The normalized spacial score (nSPS) is 10.9. The predicted octanol–water partition coefficient (Wildman–Crippen LogP) is 1.53. The summed E-state index contributed by atoms with van der Waals surface area (Å²) in [6, 6.07) is 2.97. The summed E-state index contributed by atoms with van der Waals surface area (Å²) in [5.74, 6) is -0.759. The number of carboxylic acids is 1. The Morgan fingerprint density at radius 1 is 1.44 bits per heavy atom. The minimum absolute atomic E-state index is 0.204. The van der Waals surface area contributed by atoms with Crippen molar-refractivity contribution in [1.29, 1.82) is 0 Å². The van der Waals surface area contributed by atoms with Crippen LogP contribution in [0.5, 0.6) is 0 Å². The van der Waals surface area contributed by atoms with Crippen LogP contribution in [0.4, 0.5) is 0 Å². The van der Waals surface area contributed by atoms with Gasteiger partial charge in [0.1, 0.15) is 5.56 Å². The van der Waals surface area contributed by atoms with Gasteiger partial charge in [0.25, 0.3) is 5.56 Å². The van der Waals surface area contributed by atoms with Crippen LogP contribution < -0.4 is 5.56 Å². The highest BCUT2D eigenvalue weighted by Crippen LogP contribution is 2.00. The van der Waals surface area contributed by atoms with E-state index in [4.69, 9.17) is 9.84 Å². The van der Waals surface area contributed by atoms with Crippen LogP contribution in [-0.2, 0) is 11.3 Å². The molecule has 1 heterocycles. The molecule has 0 saturated carbocycles. The van der Waals surface area contributed by atoms with Gasteiger partial charge in [-0.2, -0.15) is 0 Å². The van der Waals surface area contributed by atoms with Gasteiger partial charge in [0, 0.05) is 18.8 Å². The van der Waals surface area contributed by atoms with E-state index >= 15 is 0 Å². The van der Waals surface area contributed by atoms with Crippen LogP contribution in [0.1, 0.15) is 29.9 Å². The van der Waals surface area contributed by atoms with Crippen molar-refractivity contribution in [3.63, 3.8) is 0 Å². The molecule has 0 fully saturated rings. The first-order valence-electron chi connectivity index (χ1n) is 5.95. The third-order valence-electron chi connectivity index (χ3n) is 2.53. The lowest BCUT2D eigenvalue weighted by molar-refractivity contribution is 0.0693. The molecule has 1 rings (SSSR count). The van der Waals surface area contributed by atoms with E-state index in [1.807, 2.05) is 13.8 Å². The number of aryl methyl sites for hydroxylation is 1. The SMILES string of the molecule is Cc1ccc(C(=O)O)c(=O)n1CCOCC(C)C. The molecule has 18 heavy (non-hydrogen) atoms. The number of rotatable bonds is 6. The lowest BCUT2D eigenvalue weighted by Gasteiger charge is -2.12. The number of hydrogen-bond acceptors (Lipinski definition) is 3. The maximum Gasteiger partial charge on any atom is 0.341 e. The molecule has 100 valence electrons. The zero-order valence-corrected chi connectivity index (χ0v) is 11.0. The number of aromatic carboxylic acids is 1. The van der Waals surface area contributed by atoms with Crippen molar-refractivity contribution in [2.24, 2.45) is 5.92 Å². The Morgan fingerprint density at radius 2 is 2.11 bits per heavy atom. The van der Waals surface area contributed by atoms with Gasteiger partial charge in [0.2, 0.25) is 0 Å². The van der Waals surface area contributed by atoms with Gasteiger partial charge in [-0.05, 0) is 25.0 Å². The van der Waals surface area contributed by atoms with Gasteiger partial charge in [-0.3, -0.25) is 4.79 Å². The lowest BCUT2D eigenvalue weighted by Crippen LogP contribution is -2.29. The zero-order valence-electron chi connectivity index (χ0n) is 11.0. The molecule has 0 radical (unpaired) electrons. The molecule has 0 aliphatic rings. The second kappa shape index (κ2) is 6.35. The fraction of sp³-hybridized carbons (Fsp3) is 0.538. The van der Waals surface area contributed by atoms with Crippen LogP contribution in [0, 0.1) is 12.8 Å². The van der Waals surface area contributed by atoms with Crippen LogP contribution >= 0.6 is 0 Å². The molecular formula is C13H19NO4. The van der Waals surface area contributed by atoms with Crippen molar-refractivity contribution >= 4 is 5.97 Å². The molecule has 1 N–H and O–H groups in total. The standard InChI is InChI=1S/C13H19NO4/c1-9(2)8-18-7-6-14-10(3)4-5-11(12(14)15)13(16)17/h4-5,9H,6-8H2,1-3H3,(H,16,17). The maximum absolute atomic E-state index is 11.9. The minimum atomic E-state index is -1.20. The quantitative estimate of drug-likeness (QED) is 0.781. The topological polar surface area (TPSA) is 68.5 Å². The molecule has 0 bridgehead atoms. The number of pyridine rings is 1. The molecule has 0 amide bonds. The second-order valence-electron chi connectivity index (χ2n) is 4.62. The summed E-state index contributed by atoms with van der Waals surface area (Å²) in [7, 11) is 0. The predicted molar refractivity (Wildman–Crippen MR) is 68.1 cm³/mol. The van der Waals surface area contributed by atoms with Crippen LogP contribution in [-0.4, -0.2) is 28.9 Å². The lowest BCUT2D eigenvalue weighted by atomic mass is 10.2. The molecule has 0 spiro atoms. The fourth-order valence-corrected chi connectivity index (χ4v) is 1.59. The van der Waals surface area contributed by atoms with Crippen LogP contribution in [0.15, 0.2) is 16.9 Å². The smallest absolute Gasteiger partial charge is 0.341 e. The van der Waals surface area contributed by atoms with Crippen LogP contribution in [0.3, 0.4) is 0 Å². The van der Waals surface area contributed by atoms with E-state index in [0.717, 1.165) is 5.69 Å². The average molecular weight is 253 g/mol. The molecule has 1 aromatic heterocycles. The summed E-state index contributed by atoms with van der Waals surface area (Å²) in [4.78, 5) is 22.7. The van der Waals surface area contributed by atoms with E-state index in [9.17, 15) is 9.59 Å². The molecule has 1 aromatic rings. The first-order valence-corrected chi connectivity index (χ1v) is 5.95. The van der Waals surface area contributed by atoms with Gasteiger partial charge in [-0.15, -0.1) is 0 Å². The van der Waals surface area contributed by atoms with Gasteiger partial charge in [-0.25, -0.2) is 4.79 Å². The molecule has 5 heteroatoms. The van der Waals surface area contributed by atoms with Gasteiger partial charge < -0.3 is 14.4 Å². The Labute approximate surface area is 106 Å². The molecule has 0 aromatic carbocycles. The Morgan fingerprint density at radius 3 is 2.67 bits per heavy atom. The van der Waals surface area contributed by atoms with Gasteiger partial charge in [0.15, 0.2) is 0 Å². The summed E-state index contributed by atoms with van der Waals surface area (Å²) < 4.78 is 6.84. The van der Waals surface area contributed by atoms with Crippen molar-refractivity contribution in [3.8, 4) is 0 Å². The minimum Gasteiger partial charge on any atom is -0.477 e. The molecule has 0 unspecified atom stereocenters. The molecule has 5 nitrogen and oxygen atoms in total. The highest BCUT2D eigenvalue weighted by molar-refractivity contribution is 5.87. The van der Waals surface area contributed by atoms with E-state index in [0.29, 0.717) is 25.7 Å². The van der Waals surface area contributed by atoms with Crippen molar-refractivity contribution in [2.75, 3.05) is 13.2 Å². The van der Waals surface area contributed by atoms with E-state index in [1.54, 1.807) is 13.0 Å². The third-order valence-corrected chi connectivity index (χ3v) is 2.53. The van der Waals surface area contributed by atoms with Crippen LogP contribution in [0.2, 0.25) is 0 Å². The highest BCUT2D eigenvalue weighted by atomic mass is 16.5. The first kappa shape index (κ1) is 14.4. The summed E-state index contributed by atoms with van der Waals surface area (Å²) in [5, 5.41) is 8.88. The average Bonchev–Trinajstić information content (AvgIpc) is 2.26. The first-order chi connectivity index (χ1) is 8.43. The zero-order chi connectivity index (χ0) is 13.7. The van der Waals surface area contributed by atoms with Gasteiger partial charge in [0.05, 0.1) is 6.61 Å². The van der Waals surface area contributed by atoms with Crippen molar-refractivity contribution in [3.05, 3.63) is 33.7 Å². The number of carboxylic acid groups (broad SMARTS) is 1. The van der Waals surface area contributed by atoms with E-state index < -0.39 is 11.5 Å². The van der Waals surface area contributed by atoms with Crippen molar-refractivity contribution < 1.29 is 14.6 Å². The van der Waals surface area contributed by atoms with Crippen LogP contribution in [0.25, 0.3) is 0 Å². The highest BCUT2D eigenvalue weighted by Gasteiger charge is 2.12. The molecule has 0 atom stereocenters. The van der Waals surface area contributed by atoms with Crippen molar-refractivity contribution in [1.82, 2.24) is 4.57 Å². The monoisotopic (exact) mass is 253 g/mol.